The highest BCUT2D eigenvalue weighted by atomic mass is 35.5. The van der Waals surface area contributed by atoms with Crippen LogP contribution >= 0.6 is 11.6 Å². The number of nitrogens with one attached hydrogen (secondary N) is 1. The van der Waals surface area contributed by atoms with E-state index in [1.54, 1.807) is 5.32 Å². The molecule has 5 nitrogen and oxygen atoms in total. The molecule has 1 amide bonds. The standard InChI is InChI=1S/C18H12ClF3N2O3/c19-13-5-3-12(4-6-13)15(24-17(26)18(20,21)22)9-16(25)27-14-7-1-11(10-23)2-8-14/h1-8,15H,9H2,(H,24,26)/t15-/m0/s1. The van der Waals surface area contributed by atoms with Gasteiger partial charge in [0.25, 0.3) is 0 Å². The summed E-state index contributed by atoms with van der Waals surface area (Å²) in [7, 11) is 0. The smallest absolute Gasteiger partial charge is 0.426 e. The van der Waals surface area contributed by atoms with Gasteiger partial charge >= 0.3 is 18.1 Å². The molecule has 1 N–H and O–H groups in total. The maximum Gasteiger partial charge on any atom is 0.471 e. The van der Waals surface area contributed by atoms with Gasteiger partial charge in [0.1, 0.15) is 5.75 Å². The average molecular weight is 397 g/mol. The predicted molar refractivity (Wildman–Crippen MR) is 89.8 cm³/mol. The van der Waals surface area contributed by atoms with Gasteiger partial charge in [-0.25, -0.2) is 0 Å². The zero-order valence-electron chi connectivity index (χ0n) is 13.6. The fourth-order valence-electron chi connectivity index (χ4n) is 2.12. The van der Waals surface area contributed by atoms with Crippen LogP contribution < -0.4 is 10.1 Å². The monoisotopic (exact) mass is 396 g/mol. The number of nitrogens with zero attached hydrogens (tertiary/aromatic N) is 1. The van der Waals surface area contributed by atoms with Crippen molar-refractivity contribution in [2.75, 3.05) is 0 Å². The minimum Gasteiger partial charge on any atom is -0.426 e. The summed E-state index contributed by atoms with van der Waals surface area (Å²) in [5, 5.41) is 10.8. The summed E-state index contributed by atoms with van der Waals surface area (Å²) in [6.07, 6.45) is -5.63. The van der Waals surface area contributed by atoms with Crippen LogP contribution in [0.5, 0.6) is 5.75 Å². The summed E-state index contributed by atoms with van der Waals surface area (Å²) in [4.78, 5) is 23.4. The van der Waals surface area contributed by atoms with Crippen molar-refractivity contribution in [3.05, 3.63) is 64.7 Å². The predicted octanol–water partition coefficient (Wildman–Crippen LogP) is 3.93. The number of hydrogen-bond acceptors (Lipinski definition) is 4. The number of amides is 1. The second kappa shape index (κ2) is 8.56. The first kappa shape index (κ1) is 20.3. The van der Waals surface area contributed by atoms with Gasteiger partial charge in [0.2, 0.25) is 0 Å². The summed E-state index contributed by atoms with van der Waals surface area (Å²) >= 11 is 5.75. The zero-order chi connectivity index (χ0) is 20.0. The molecule has 0 aliphatic heterocycles. The Bertz CT molecular complexity index is 859. The van der Waals surface area contributed by atoms with E-state index in [0.29, 0.717) is 10.6 Å². The third-order valence-electron chi connectivity index (χ3n) is 3.42. The summed E-state index contributed by atoms with van der Waals surface area (Å²) in [5.41, 5.74) is 0.611. The van der Waals surface area contributed by atoms with E-state index >= 15 is 0 Å². The molecule has 0 aliphatic carbocycles. The van der Waals surface area contributed by atoms with Crippen LogP contribution in [0.3, 0.4) is 0 Å². The Hall–Kier alpha value is -3.05. The molecule has 0 saturated carbocycles. The molecular formula is C18H12ClF3N2O3. The quantitative estimate of drug-likeness (QED) is 0.613. The number of esters is 1. The number of benzene rings is 2. The van der Waals surface area contributed by atoms with E-state index in [1.165, 1.54) is 48.5 Å². The molecule has 2 aromatic carbocycles. The number of alkyl halides is 3. The van der Waals surface area contributed by atoms with Crippen LogP contribution in [0, 0.1) is 11.3 Å². The van der Waals surface area contributed by atoms with E-state index in [9.17, 15) is 22.8 Å². The molecule has 2 aromatic rings. The van der Waals surface area contributed by atoms with Gasteiger partial charge in [-0.1, -0.05) is 23.7 Å². The molecule has 0 radical (unpaired) electrons. The topological polar surface area (TPSA) is 79.2 Å². The van der Waals surface area contributed by atoms with Crippen molar-refractivity contribution in [2.45, 2.75) is 18.6 Å². The molecule has 0 fully saturated rings. The maximum absolute atomic E-state index is 12.6. The molecular weight excluding hydrogens is 385 g/mol. The van der Waals surface area contributed by atoms with E-state index in [0.717, 1.165) is 0 Å². The summed E-state index contributed by atoms with van der Waals surface area (Å²) in [6.45, 7) is 0. The van der Waals surface area contributed by atoms with Gasteiger partial charge in [0.05, 0.1) is 24.1 Å². The zero-order valence-corrected chi connectivity index (χ0v) is 14.3. The summed E-state index contributed by atoms with van der Waals surface area (Å²) < 4.78 is 42.8. The third kappa shape index (κ3) is 6.01. The summed E-state index contributed by atoms with van der Waals surface area (Å²) in [5.74, 6) is -2.91. The fourth-order valence-corrected chi connectivity index (χ4v) is 2.25. The lowest BCUT2D eigenvalue weighted by molar-refractivity contribution is -0.174. The molecule has 0 aromatic heterocycles. The van der Waals surface area contributed by atoms with E-state index in [-0.39, 0.29) is 11.3 Å². The third-order valence-corrected chi connectivity index (χ3v) is 3.67. The lowest BCUT2D eigenvalue weighted by atomic mass is 10.0. The first-order valence-corrected chi connectivity index (χ1v) is 7.91. The lowest BCUT2D eigenvalue weighted by Gasteiger charge is -2.19. The van der Waals surface area contributed by atoms with Crippen LogP contribution in [0.1, 0.15) is 23.6 Å². The molecule has 0 heterocycles. The van der Waals surface area contributed by atoms with Gasteiger partial charge in [0.15, 0.2) is 0 Å². The van der Waals surface area contributed by atoms with Crippen LogP contribution in [-0.2, 0) is 9.59 Å². The Labute approximate surface area is 157 Å². The largest absolute Gasteiger partial charge is 0.471 e. The first-order chi connectivity index (χ1) is 12.7. The highest BCUT2D eigenvalue weighted by Crippen LogP contribution is 2.24. The fraction of sp³-hybridized carbons (Fsp3) is 0.167. The average Bonchev–Trinajstić information content (AvgIpc) is 2.61. The second-order valence-electron chi connectivity index (χ2n) is 5.39. The lowest BCUT2D eigenvalue weighted by Crippen LogP contribution is -2.40. The number of carbonyl (C=O) groups is 2. The number of ether oxygens (including phenoxy) is 1. The van der Waals surface area contributed by atoms with Crippen molar-refractivity contribution in [3.8, 4) is 11.8 Å². The van der Waals surface area contributed by atoms with Crippen molar-refractivity contribution in [3.63, 3.8) is 0 Å². The van der Waals surface area contributed by atoms with Crippen LogP contribution in [0.15, 0.2) is 48.5 Å². The SMILES string of the molecule is N#Cc1ccc(OC(=O)C[C@H](NC(=O)C(F)(F)F)c2ccc(Cl)cc2)cc1. The maximum atomic E-state index is 12.6. The van der Waals surface area contributed by atoms with Gasteiger partial charge in [-0.2, -0.15) is 18.4 Å². The highest BCUT2D eigenvalue weighted by molar-refractivity contribution is 6.30. The van der Waals surface area contributed by atoms with Crippen molar-refractivity contribution in [2.24, 2.45) is 0 Å². The van der Waals surface area contributed by atoms with E-state index in [1.807, 2.05) is 6.07 Å². The van der Waals surface area contributed by atoms with Gasteiger partial charge < -0.3 is 10.1 Å². The molecule has 2 rings (SSSR count). The normalized spacial score (nSPS) is 12.0. The molecule has 1 atom stereocenters. The molecule has 9 heteroatoms. The van der Waals surface area contributed by atoms with Crippen LogP contribution in [0.4, 0.5) is 13.2 Å². The van der Waals surface area contributed by atoms with Crippen molar-refractivity contribution >= 4 is 23.5 Å². The highest BCUT2D eigenvalue weighted by Gasteiger charge is 2.40. The number of rotatable bonds is 5. The minimum absolute atomic E-state index is 0.121. The van der Waals surface area contributed by atoms with Crippen molar-refractivity contribution in [1.29, 1.82) is 5.26 Å². The summed E-state index contributed by atoms with van der Waals surface area (Å²) in [6, 6.07) is 11.9. The van der Waals surface area contributed by atoms with Crippen LogP contribution in [-0.4, -0.2) is 18.1 Å². The second-order valence-corrected chi connectivity index (χ2v) is 5.83. The molecule has 0 aliphatic rings. The molecule has 140 valence electrons. The van der Waals surface area contributed by atoms with Crippen LogP contribution in [0.25, 0.3) is 0 Å². The molecule has 0 unspecified atom stereocenters. The number of hydrogen-bond donors (Lipinski definition) is 1. The Morgan fingerprint density at radius 1 is 1.11 bits per heavy atom. The first-order valence-electron chi connectivity index (χ1n) is 7.53. The molecule has 27 heavy (non-hydrogen) atoms. The number of carbonyl (C=O) groups excluding carboxylic acids is 2. The van der Waals surface area contributed by atoms with Crippen molar-refractivity contribution in [1.82, 2.24) is 5.32 Å². The van der Waals surface area contributed by atoms with Gasteiger partial charge in [-0.3, -0.25) is 9.59 Å². The van der Waals surface area contributed by atoms with Gasteiger partial charge in [-0.15, -0.1) is 0 Å². The van der Waals surface area contributed by atoms with E-state index < -0.39 is 30.5 Å². The Balaban J connectivity index is 2.14. The van der Waals surface area contributed by atoms with Crippen LogP contribution in [0.2, 0.25) is 5.02 Å². The Kier molecular flexibility index (Phi) is 6.42. The number of halogens is 4. The minimum atomic E-state index is -5.10. The molecule has 0 spiro atoms. The Morgan fingerprint density at radius 2 is 1.70 bits per heavy atom. The van der Waals surface area contributed by atoms with Crippen molar-refractivity contribution < 1.29 is 27.5 Å². The van der Waals surface area contributed by atoms with E-state index in [2.05, 4.69) is 0 Å². The molecule has 0 bridgehead atoms. The van der Waals surface area contributed by atoms with E-state index in [4.69, 9.17) is 21.6 Å². The number of nitriles is 1. The van der Waals surface area contributed by atoms with Gasteiger partial charge in [-0.05, 0) is 42.0 Å². The Morgan fingerprint density at radius 3 is 2.22 bits per heavy atom. The van der Waals surface area contributed by atoms with Gasteiger partial charge in [0, 0.05) is 5.02 Å². The molecule has 0 saturated heterocycles.